The lowest BCUT2D eigenvalue weighted by Gasteiger charge is -2.34. The Morgan fingerprint density at radius 1 is 0.380 bits per heavy atom. The van der Waals surface area contributed by atoms with Gasteiger partial charge in [-0.25, -0.2) is 19.2 Å². The molecule has 0 atom stereocenters. The lowest BCUT2D eigenvalue weighted by atomic mass is 10.2. The first-order valence-corrected chi connectivity index (χ1v) is 31.1. The average Bonchev–Trinajstić information content (AvgIpc) is 3.36. The van der Waals surface area contributed by atoms with Crippen molar-refractivity contribution in [1.29, 1.82) is 0 Å². The zero-order valence-electron chi connectivity index (χ0n) is 42.3. The van der Waals surface area contributed by atoms with E-state index in [0.29, 0.717) is 73.8 Å². The van der Waals surface area contributed by atoms with Crippen molar-refractivity contribution in [3.8, 4) is 34.5 Å². The van der Waals surface area contributed by atoms with E-state index in [1.54, 1.807) is 72.8 Å². The van der Waals surface area contributed by atoms with Gasteiger partial charge in [0.1, 0.15) is 34.5 Å². The van der Waals surface area contributed by atoms with Crippen molar-refractivity contribution in [1.82, 2.24) is 0 Å². The molecule has 0 aliphatic heterocycles. The van der Waals surface area contributed by atoms with Crippen LogP contribution >= 0.6 is 0 Å². The van der Waals surface area contributed by atoms with Gasteiger partial charge >= 0.3 is 23.9 Å². The van der Waals surface area contributed by atoms with Crippen molar-refractivity contribution >= 4 is 40.5 Å². The maximum Gasteiger partial charge on any atom is 0.343 e. The maximum atomic E-state index is 12.8. The van der Waals surface area contributed by atoms with Gasteiger partial charge in [0, 0.05) is 12.2 Å². The predicted molar refractivity (Wildman–Crippen MR) is 281 cm³/mol. The molecule has 0 spiro atoms. The predicted octanol–water partition coefficient (Wildman–Crippen LogP) is 12.9. The molecular formula is C56H74O13Si2. The number of hydrogen-bond acceptors (Lipinski definition) is 13. The van der Waals surface area contributed by atoms with Crippen molar-refractivity contribution in [3.63, 3.8) is 0 Å². The van der Waals surface area contributed by atoms with Crippen LogP contribution in [0, 0.1) is 0 Å². The van der Waals surface area contributed by atoms with E-state index >= 15 is 0 Å². The van der Waals surface area contributed by atoms with Crippen LogP contribution < -0.4 is 28.4 Å². The van der Waals surface area contributed by atoms with Gasteiger partial charge in [0.05, 0.1) is 50.8 Å². The number of ether oxygens (including phenoxy) is 8. The Morgan fingerprint density at radius 3 is 0.958 bits per heavy atom. The molecule has 4 rings (SSSR count). The molecule has 15 heteroatoms. The summed E-state index contributed by atoms with van der Waals surface area (Å²) in [5.74, 6) is 1.99. The quantitative estimate of drug-likeness (QED) is 0.0140. The summed E-state index contributed by atoms with van der Waals surface area (Å²) in [4.78, 5) is 47.6. The Bertz CT molecular complexity index is 2050. The van der Waals surface area contributed by atoms with Crippen LogP contribution in [0.25, 0.3) is 0 Å². The van der Waals surface area contributed by atoms with E-state index < -0.39 is 40.5 Å². The number of unbranched alkanes of at least 4 members (excludes halogenated alkanes) is 8. The summed E-state index contributed by atoms with van der Waals surface area (Å²) < 4.78 is 51.6. The van der Waals surface area contributed by atoms with E-state index in [4.69, 9.17) is 42.0 Å². The molecule has 4 aromatic rings. The third-order valence-electron chi connectivity index (χ3n) is 11.1. The zero-order valence-corrected chi connectivity index (χ0v) is 44.3. The second kappa shape index (κ2) is 31.9. The SMILES string of the molecule is C=CC(=O)OCCCCCCOc1ccc(C(=O)Oc2ccc(OCCCC[Si](C)(C)O[Si](C)(C)CCCCOc3ccc(OC(=O)c4ccc(OCCCCCCOC(=O)C=C)cc4)cc3)cc2)cc1. The number of carbonyl (C=O) groups is 4. The Hall–Kier alpha value is -6.17. The molecule has 0 fully saturated rings. The van der Waals surface area contributed by atoms with Crippen molar-refractivity contribution in [2.75, 3.05) is 39.6 Å². The molecule has 13 nitrogen and oxygen atoms in total. The van der Waals surface area contributed by atoms with E-state index in [2.05, 4.69) is 39.3 Å². The van der Waals surface area contributed by atoms with Gasteiger partial charge in [-0.15, -0.1) is 0 Å². The summed E-state index contributed by atoms with van der Waals surface area (Å²) in [7, 11) is -3.73. The topological polar surface area (TPSA) is 151 Å². The van der Waals surface area contributed by atoms with Gasteiger partial charge in [-0.2, -0.15) is 0 Å². The lowest BCUT2D eigenvalue weighted by molar-refractivity contribution is -0.138. The van der Waals surface area contributed by atoms with Crippen LogP contribution in [0.15, 0.2) is 122 Å². The first kappa shape index (κ1) is 57.4. The average molecular weight is 1010 g/mol. The zero-order chi connectivity index (χ0) is 51.2. The molecule has 0 N–H and O–H groups in total. The molecule has 0 unspecified atom stereocenters. The fraction of sp³-hybridized carbons (Fsp3) is 0.429. The van der Waals surface area contributed by atoms with Crippen LogP contribution in [-0.4, -0.2) is 80.2 Å². The van der Waals surface area contributed by atoms with Crippen LogP contribution in [0.5, 0.6) is 34.5 Å². The van der Waals surface area contributed by atoms with Crippen LogP contribution in [0.4, 0.5) is 0 Å². The molecule has 384 valence electrons. The maximum absolute atomic E-state index is 12.8. The molecule has 71 heavy (non-hydrogen) atoms. The summed E-state index contributed by atoms with van der Waals surface area (Å²) in [6.07, 6.45) is 13.4. The van der Waals surface area contributed by atoms with E-state index in [-0.39, 0.29) is 0 Å². The minimum Gasteiger partial charge on any atom is -0.494 e. The summed E-state index contributed by atoms with van der Waals surface area (Å²) >= 11 is 0. The van der Waals surface area contributed by atoms with Crippen molar-refractivity contribution in [3.05, 3.63) is 133 Å². The first-order valence-electron chi connectivity index (χ1n) is 24.9. The number of hydrogen-bond donors (Lipinski definition) is 0. The second-order valence-electron chi connectivity index (χ2n) is 18.3. The van der Waals surface area contributed by atoms with Gasteiger partial charge in [-0.05, 0) is 200 Å². The van der Waals surface area contributed by atoms with Gasteiger partial charge < -0.3 is 42.0 Å². The summed E-state index contributed by atoms with van der Waals surface area (Å²) in [5.41, 5.74) is 0.856. The molecule has 0 aliphatic carbocycles. The molecule has 0 saturated carbocycles. The Morgan fingerprint density at radius 2 is 0.648 bits per heavy atom. The van der Waals surface area contributed by atoms with Gasteiger partial charge in [0.2, 0.25) is 0 Å². The Kier molecular flexibility index (Phi) is 25.8. The minimum atomic E-state index is -1.86. The summed E-state index contributed by atoms with van der Waals surface area (Å²) in [5, 5.41) is 0. The fourth-order valence-electron chi connectivity index (χ4n) is 7.41. The fourth-order valence-corrected chi connectivity index (χ4v) is 16.4. The van der Waals surface area contributed by atoms with Crippen molar-refractivity contribution in [2.24, 2.45) is 0 Å². The molecule has 0 heterocycles. The third-order valence-corrected chi connectivity index (χ3v) is 18.7. The van der Waals surface area contributed by atoms with E-state index in [9.17, 15) is 19.2 Å². The summed E-state index contributed by atoms with van der Waals surface area (Å²) in [6, 6.07) is 30.1. The van der Waals surface area contributed by atoms with E-state index in [1.807, 2.05) is 24.3 Å². The monoisotopic (exact) mass is 1010 g/mol. The smallest absolute Gasteiger partial charge is 0.343 e. The number of benzene rings is 4. The standard InChI is InChI=1S/C56H74O13Si2/c1-7-53(57)65-41-15-11-9-13-37-61-47-25-21-45(22-26-47)55(59)67-51-33-29-49(30-34-51)63-39-17-19-43-70(3,4)69-71(5,6)44-20-18-40-64-50-31-35-52(36-32-50)68-56(60)46-23-27-48(28-24-46)62-38-14-10-12-16-42-66-54(58)8-2/h7-8,21-36H,1-2,9-20,37-44H2,3-6H3. The van der Waals surface area contributed by atoms with Gasteiger partial charge in [0.25, 0.3) is 0 Å². The van der Waals surface area contributed by atoms with Crippen LogP contribution in [0.1, 0.15) is 97.8 Å². The van der Waals surface area contributed by atoms with Gasteiger partial charge in [-0.1, -0.05) is 26.0 Å². The first-order chi connectivity index (χ1) is 34.2. The number of rotatable bonds is 36. The molecule has 0 bridgehead atoms. The molecule has 0 aliphatic rings. The molecular weight excluding hydrogens is 937 g/mol. The van der Waals surface area contributed by atoms with Crippen LogP contribution in [0.2, 0.25) is 38.3 Å². The van der Waals surface area contributed by atoms with E-state index in [1.165, 1.54) is 12.2 Å². The molecule has 4 aromatic carbocycles. The molecule has 0 amide bonds. The number of esters is 4. The largest absolute Gasteiger partial charge is 0.494 e. The summed E-state index contributed by atoms with van der Waals surface area (Å²) in [6.45, 7) is 19.1. The minimum absolute atomic E-state index is 0.396. The highest BCUT2D eigenvalue weighted by atomic mass is 28.4. The van der Waals surface area contributed by atoms with Gasteiger partial charge in [-0.3, -0.25) is 0 Å². The lowest BCUT2D eigenvalue weighted by Crippen LogP contribution is -2.44. The Balaban J connectivity index is 1.01. The molecule has 0 aromatic heterocycles. The molecule has 0 radical (unpaired) electrons. The van der Waals surface area contributed by atoms with Crippen LogP contribution in [-0.2, 0) is 23.2 Å². The van der Waals surface area contributed by atoms with Crippen molar-refractivity contribution < 1.29 is 61.2 Å². The highest BCUT2D eigenvalue weighted by molar-refractivity contribution is 6.84. The third kappa shape index (κ3) is 24.5. The van der Waals surface area contributed by atoms with Crippen molar-refractivity contribution in [2.45, 2.75) is 115 Å². The highest BCUT2D eigenvalue weighted by Crippen LogP contribution is 2.27. The highest BCUT2D eigenvalue weighted by Gasteiger charge is 2.32. The molecule has 0 saturated heterocycles. The normalized spacial score (nSPS) is 11.2. The van der Waals surface area contributed by atoms with Gasteiger partial charge in [0.15, 0.2) is 16.6 Å². The van der Waals surface area contributed by atoms with Crippen LogP contribution in [0.3, 0.4) is 0 Å². The van der Waals surface area contributed by atoms with E-state index in [0.717, 1.165) is 101 Å². The number of carbonyl (C=O) groups excluding carboxylic acids is 4. The second-order valence-corrected chi connectivity index (χ2v) is 27.1. The Labute approximate surface area is 423 Å².